The normalized spacial score (nSPS) is 17.1. The van der Waals surface area contributed by atoms with Gasteiger partial charge in [0.1, 0.15) is 4.88 Å². The number of hydrogen-bond acceptors (Lipinski definition) is 5. The van der Waals surface area contributed by atoms with Crippen LogP contribution in [0.5, 0.6) is 0 Å². The summed E-state index contributed by atoms with van der Waals surface area (Å²) in [5, 5.41) is 3.98. The van der Waals surface area contributed by atoms with E-state index in [2.05, 4.69) is 46.0 Å². The molecule has 1 aliphatic heterocycles. The molecule has 1 aliphatic rings. The molecule has 5 nitrogen and oxygen atoms in total. The number of carbonyl (C=O) groups is 1. The Hall–Kier alpha value is -2.60. The first-order valence-corrected chi connectivity index (χ1v) is 10.0. The number of carbonyl (C=O) groups excluding carboxylic acids is 1. The Balaban J connectivity index is 1.59. The second kappa shape index (κ2) is 7.56. The lowest BCUT2D eigenvalue weighted by Crippen LogP contribution is -2.39. The van der Waals surface area contributed by atoms with Gasteiger partial charge in [-0.25, -0.2) is 0 Å². The third kappa shape index (κ3) is 3.76. The molecule has 27 heavy (non-hydrogen) atoms. The van der Waals surface area contributed by atoms with Crippen LogP contribution in [0.1, 0.15) is 45.5 Å². The molecule has 0 spiro atoms. The van der Waals surface area contributed by atoms with E-state index in [1.54, 1.807) is 0 Å². The fourth-order valence-electron chi connectivity index (χ4n) is 3.67. The first-order valence-electron chi connectivity index (χ1n) is 9.24. The zero-order valence-corrected chi connectivity index (χ0v) is 16.4. The summed E-state index contributed by atoms with van der Waals surface area (Å²) in [5.41, 5.74) is 5.18. The number of piperidine rings is 1. The van der Waals surface area contributed by atoms with Crippen LogP contribution in [0.25, 0.3) is 11.1 Å². The number of pyridine rings is 1. The van der Waals surface area contributed by atoms with Crippen LogP contribution in [0.15, 0.2) is 42.5 Å². The van der Waals surface area contributed by atoms with Gasteiger partial charge in [-0.2, -0.15) is 0 Å². The molecule has 0 bridgehead atoms. The lowest BCUT2D eigenvalue weighted by molar-refractivity contribution is 0.0710. The highest BCUT2D eigenvalue weighted by Gasteiger charge is 2.28. The number of hydrogen-bond donors (Lipinski definition) is 0. The molecule has 0 saturated carbocycles. The lowest BCUT2D eigenvalue weighted by Gasteiger charge is -2.32. The second-order valence-electron chi connectivity index (χ2n) is 7.07. The Morgan fingerprint density at radius 1 is 1.15 bits per heavy atom. The van der Waals surface area contributed by atoms with Crippen LogP contribution in [0.3, 0.4) is 0 Å². The molecule has 1 atom stereocenters. The molecule has 1 fully saturated rings. The minimum atomic E-state index is 0.0446. The quantitative estimate of drug-likeness (QED) is 0.684. The maximum atomic E-state index is 12.8. The molecule has 1 amide bonds. The van der Waals surface area contributed by atoms with Crippen LogP contribution in [0.2, 0.25) is 0 Å². The molecule has 0 unspecified atom stereocenters. The van der Waals surface area contributed by atoms with Gasteiger partial charge in [-0.05, 0) is 61.5 Å². The summed E-state index contributed by atoms with van der Waals surface area (Å²) in [6.07, 6.45) is 2.03. The summed E-state index contributed by atoms with van der Waals surface area (Å²) < 4.78 is 3.90. The van der Waals surface area contributed by atoms with E-state index in [4.69, 9.17) is 4.98 Å². The molecule has 2 aromatic heterocycles. The summed E-state index contributed by atoms with van der Waals surface area (Å²) >= 11 is 1.18. The molecule has 6 heteroatoms. The highest BCUT2D eigenvalue weighted by molar-refractivity contribution is 7.07. The molecule has 3 heterocycles. The van der Waals surface area contributed by atoms with Gasteiger partial charge in [-0.15, -0.1) is 5.10 Å². The second-order valence-corrected chi connectivity index (χ2v) is 7.82. The van der Waals surface area contributed by atoms with Crippen molar-refractivity contribution in [3.05, 3.63) is 64.4 Å². The van der Waals surface area contributed by atoms with Gasteiger partial charge in [0.25, 0.3) is 5.91 Å². The van der Waals surface area contributed by atoms with Crippen LogP contribution in [0.4, 0.5) is 0 Å². The first-order chi connectivity index (χ1) is 13.1. The van der Waals surface area contributed by atoms with Crippen molar-refractivity contribution in [3.8, 4) is 11.1 Å². The van der Waals surface area contributed by atoms with Crippen molar-refractivity contribution in [1.29, 1.82) is 0 Å². The number of aromatic nitrogens is 3. The molecular formula is C21H22N4OS. The SMILES string of the molecule is Cc1cc(-c2ccccc2)cc([C@@H]2CCCN(C(=O)c3snnc3C)C2)n1. The van der Waals surface area contributed by atoms with Crippen LogP contribution >= 0.6 is 11.5 Å². The Labute approximate surface area is 163 Å². The van der Waals surface area contributed by atoms with E-state index in [-0.39, 0.29) is 11.8 Å². The number of aryl methyl sites for hydroxylation is 2. The monoisotopic (exact) mass is 378 g/mol. The van der Waals surface area contributed by atoms with Crippen molar-refractivity contribution in [2.24, 2.45) is 0 Å². The van der Waals surface area contributed by atoms with Crippen molar-refractivity contribution in [3.63, 3.8) is 0 Å². The average molecular weight is 379 g/mol. The molecule has 1 saturated heterocycles. The molecule has 0 aliphatic carbocycles. The zero-order valence-electron chi connectivity index (χ0n) is 15.6. The highest BCUT2D eigenvalue weighted by atomic mass is 32.1. The van der Waals surface area contributed by atoms with Crippen LogP contribution in [-0.4, -0.2) is 38.5 Å². The lowest BCUT2D eigenvalue weighted by atomic mass is 9.92. The largest absolute Gasteiger partial charge is 0.337 e. The molecule has 138 valence electrons. The zero-order chi connectivity index (χ0) is 18.8. The predicted octanol–water partition coefficient (Wildman–Crippen LogP) is 4.24. The topological polar surface area (TPSA) is 59.0 Å². The van der Waals surface area contributed by atoms with Crippen LogP contribution < -0.4 is 0 Å². The maximum absolute atomic E-state index is 12.8. The molecule has 3 aromatic rings. The van der Waals surface area contributed by atoms with Gasteiger partial charge >= 0.3 is 0 Å². The predicted molar refractivity (Wildman–Crippen MR) is 107 cm³/mol. The number of benzene rings is 1. The molecule has 0 radical (unpaired) electrons. The van der Waals surface area contributed by atoms with Gasteiger partial charge in [0, 0.05) is 30.4 Å². The van der Waals surface area contributed by atoms with E-state index >= 15 is 0 Å². The fourth-order valence-corrected chi connectivity index (χ4v) is 4.30. The summed E-state index contributed by atoms with van der Waals surface area (Å²) in [6.45, 7) is 5.35. The molecule has 1 aromatic carbocycles. The van der Waals surface area contributed by atoms with E-state index in [1.807, 2.05) is 24.8 Å². The molecule has 4 rings (SSSR count). The van der Waals surface area contributed by atoms with Gasteiger partial charge in [0.05, 0.1) is 5.69 Å². The van der Waals surface area contributed by atoms with Gasteiger partial charge < -0.3 is 4.90 Å². The van der Waals surface area contributed by atoms with E-state index in [1.165, 1.54) is 22.7 Å². The Kier molecular flexibility index (Phi) is 4.99. The third-order valence-corrected chi connectivity index (χ3v) is 5.87. The fraction of sp³-hybridized carbons (Fsp3) is 0.333. The summed E-state index contributed by atoms with van der Waals surface area (Å²) in [4.78, 5) is 20.2. The molecular weight excluding hydrogens is 356 g/mol. The first kappa shape index (κ1) is 17.8. The van der Waals surface area contributed by atoms with Crippen molar-refractivity contribution >= 4 is 17.4 Å². The minimum Gasteiger partial charge on any atom is -0.337 e. The van der Waals surface area contributed by atoms with E-state index in [9.17, 15) is 4.79 Å². The summed E-state index contributed by atoms with van der Waals surface area (Å²) in [5.74, 6) is 0.300. The van der Waals surface area contributed by atoms with Crippen LogP contribution in [-0.2, 0) is 0 Å². The van der Waals surface area contributed by atoms with Gasteiger partial charge in [0.15, 0.2) is 0 Å². The van der Waals surface area contributed by atoms with E-state index < -0.39 is 0 Å². The maximum Gasteiger partial charge on any atom is 0.267 e. The van der Waals surface area contributed by atoms with E-state index in [0.717, 1.165) is 30.8 Å². The smallest absolute Gasteiger partial charge is 0.267 e. The van der Waals surface area contributed by atoms with Gasteiger partial charge in [-0.3, -0.25) is 9.78 Å². The van der Waals surface area contributed by atoms with Crippen molar-refractivity contribution in [2.75, 3.05) is 13.1 Å². The Morgan fingerprint density at radius 2 is 1.96 bits per heavy atom. The summed E-state index contributed by atoms with van der Waals surface area (Å²) in [7, 11) is 0. The minimum absolute atomic E-state index is 0.0446. The highest BCUT2D eigenvalue weighted by Crippen LogP contribution is 2.30. The Morgan fingerprint density at radius 3 is 2.70 bits per heavy atom. The standard InChI is InChI=1S/C21H22N4OS/c1-14-11-18(16-7-4-3-5-8-16)12-19(22-14)17-9-6-10-25(13-17)21(26)20-15(2)23-24-27-20/h3-5,7-8,11-12,17H,6,9-10,13H2,1-2H3/t17-/m1/s1. The summed E-state index contributed by atoms with van der Waals surface area (Å²) in [6, 6.07) is 14.7. The van der Waals surface area contributed by atoms with Gasteiger partial charge in [0.2, 0.25) is 0 Å². The molecule has 0 N–H and O–H groups in total. The third-order valence-electron chi connectivity index (χ3n) is 5.05. The average Bonchev–Trinajstić information content (AvgIpc) is 3.13. The van der Waals surface area contributed by atoms with E-state index in [0.29, 0.717) is 17.1 Å². The van der Waals surface area contributed by atoms with Crippen molar-refractivity contribution in [1.82, 2.24) is 19.5 Å². The van der Waals surface area contributed by atoms with Crippen molar-refractivity contribution < 1.29 is 4.79 Å². The number of rotatable bonds is 3. The van der Waals surface area contributed by atoms with Crippen molar-refractivity contribution in [2.45, 2.75) is 32.6 Å². The Bertz CT molecular complexity index is 954. The number of amides is 1. The van der Waals surface area contributed by atoms with Crippen LogP contribution in [0, 0.1) is 13.8 Å². The number of nitrogens with zero attached hydrogens (tertiary/aromatic N) is 4. The number of likely N-dealkylation sites (tertiary alicyclic amines) is 1. The van der Waals surface area contributed by atoms with Gasteiger partial charge in [-0.1, -0.05) is 34.8 Å².